The number of hydrogen-bond acceptors (Lipinski definition) is 2. The van der Waals surface area contributed by atoms with E-state index in [1.807, 2.05) is 32.9 Å². The van der Waals surface area contributed by atoms with Gasteiger partial charge in [0.25, 0.3) is 5.91 Å². The van der Waals surface area contributed by atoms with Gasteiger partial charge < -0.3 is 11.1 Å². The zero-order chi connectivity index (χ0) is 10.0. The van der Waals surface area contributed by atoms with Crippen molar-refractivity contribution in [3.63, 3.8) is 0 Å². The Balaban J connectivity index is 3.02. The van der Waals surface area contributed by atoms with Gasteiger partial charge in [0, 0.05) is 6.04 Å². The molecule has 13 heavy (non-hydrogen) atoms. The van der Waals surface area contributed by atoms with Gasteiger partial charge >= 0.3 is 0 Å². The molecular weight excluding hydrogens is 164 g/mol. The molecule has 1 aliphatic rings. The van der Waals surface area contributed by atoms with E-state index in [1.165, 1.54) is 0 Å². The molecule has 0 spiro atoms. The lowest BCUT2D eigenvalue weighted by atomic mass is 9.96. The third-order valence-electron chi connectivity index (χ3n) is 2.09. The standard InChI is InChI=1S/C10H16N2O/c1-6(2)8-5-4-7(3)12-9(8)10(11)13/h4-7,12H,1-3H3,(H2,11,13). The van der Waals surface area contributed by atoms with Crippen molar-refractivity contribution in [2.24, 2.45) is 11.7 Å². The Morgan fingerprint density at radius 1 is 1.62 bits per heavy atom. The van der Waals surface area contributed by atoms with Gasteiger partial charge in [0.1, 0.15) is 5.70 Å². The first kappa shape index (κ1) is 9.84. The summed E-state index contributed by atoms with van der Waals surface area (Å²) in [5.74, 6) is -0.0568. The van der Waals surface area contributed by atoms with Crippen molar-refractivity contribution >= 4 is 5.91 Å². The maximum absolute atomic E-state index is 11.1. The molecule has 0 bridgehead atoms. The van der Waals surface area contributed by atoms with E-state index in [0.29, 0.717) is 11.6 Å². The molecule has 3 nitrogen and oxygen atoms in total. The Bertz CT molecular complexity index is 277. The van der Waals surface area contributed by atoms with Gasteiger partial charge in [0.2, 0.25) is 0 Å². The predicted octanol–water partition coefficient (Wildman–Crippen LogP) is 0.930. The summed E-state index contributed by atoms with van der Waals surface area (Å²) in [4.78, 5) is 11.1. The smallest absolute Gasteiger partial charge is 0.265 e. The van der Waals surface area contributed by atoms with Gasteiger partial charge in [-0.15, -0.1) is 0 Å². The molecule has 3 N–H and O–H groups in total. The zero-order valence-corrected chi connectivity index (χ0v) is 8.29. The van der Waals surface area contributed by atoms with Crippen LogP contribution in [0, 0.1) is 5.92 Å². The van der Waals surface area contributed by atoms with Crippen LogP contribution in [-0.4, -0.2) is 11.9 Å². The van der Waals surface area contributed by atoms with Gasteiger partial charge in [-0.05, 0) is 18.4 Å². The van der Waals surface area contributed by atoms with E-state index in [-0.39, 0.29) is 11.9 Å². The largest absolute Gasteiger partial charge is 0.374 e. The fourth-order valence-corrected chi connectivity index (χ4v) is 1.38. The second-order valence-electron chi connectivity index (χ2n) is 3.64. The Hall–Kier alpha value is -1.25. The molecule has 0 fully saturated rings. The van der Waals surface area contributed by atoms with Crippen LogP contribution in [0.4, 0.5) is 0 Å². The summed E-state index contributed by atoms with van der Waals surface area (Å²) in [6, 6.07) is 0.185. The van der Waals surface area contributed by atoms with Crippen molar-refractivity contribution in [2.75, 3.05) is 0 Å². The first-order valence-corrected chi connectivity index (χ1v) is 4.51. The number of nitrogens with one attached hydrogen (secondary N) is 1. The van der Waals surface area contributed by atoms with Crippen molar-refractivity contribution in [3.8, 4) is 0 Å². The van der Waals surface area contributed by atoms with Crippen molar-refractivity contribution in [1.82, 2.24) is 5.32 Å². The van der Waals surface area contributed by atoms with Gasteiger partial charge in [0.05, 0.1) is 0 Å². The number of rotatable bonds is 2. The van der Waals surface area contributed by atoms with Crippen LogP contribution in [0.15, 0.2) is 23.4 Å². The number of carbonyl (C=O) groups excluding carboxylic acids is 1. The highest BCUT2D eigenvalue weighted by Gasteiger charge is 2.18. The number of allylic oxidation sites excluding steroid dienone is 2. The van der Waals surface area contributed by atoms with Gasteiger partial charge in [-0.2, -0.15) is 0 Å². The lowest BCUT2D eigenvalue weighted by molar-refractivity contribution is -0.115. The number of hydrogen-bond donors (Lipinski definition) is 2. The van der Waals surface area contributed by atoms with Crippen molar-refractivity contribution in [2.45, 2.75) is 26.8 Å². The fraction of sp³-hybridized carbons (Fsp3) is 0.500. The second-order valence-corrected chi connectivity index (χ2v) is 3.64. The summed E-state index contributed by atoms with van der Waals surface area (Å²) in [5.41, 5.74) is 6.82. The summed E-state index contributed by atoms with van der Waals surface area (Å²) in [6.07, 6.45) is 4.01. The quantitative estimate of drug-likeness (QED) is 0.664. The minimum Gasteiger partial charge on any atom is -0.374 e. The summed E-state index contributed by atoms with van der Waals surface area (Å²) < 4.78 is 0. The van der Waals surface area contributed by atoms with Crippen LogP contribution in [0.3, 0.4) is 0 Å². The molecule has 72 valence electrons. The topological polar surface area (TPSA) is 55.1 Å². The Kier molecular flexibility index (Phi) is 2.76. The van der Waals surface area contributed by atoms with Crippen LogP contribution < -0.4 is 11.1 Å². The van der Waals surface area contributed by atoms with Crippen molar-refractivity contribution in [1.29, 1.82) is 0 Å². The van der Waals surface area contributed by atoms with Gasteiger partial charge in [-0.1, -0.05) is 26.0 Å². The van der Waals surface area contributed by atoms with Crippen LogP contribution in [0.25, 0.3) is 0 Å². The molecule has 0 aromatic carbocycles. The van der Waals surface area contributed by atoms with E-state index in [9.17, 15) is 4.79 Å². The normalized spacial score (nSPS) is 22.0. The Morgan fingerprint density at radius 2 is 2.23 bits per heavy atom. The summed E-state index contributed by atoms with van der Waals surface area (Å²) in [7, 11) is 0. The molecule has 0 aliphatic carbocycles. The molecule has 1 atom stereocenters. The molecule has 1 unspecified atom stereocenters. The third kappa shape index (κ3) is 2.11. The highest BCUT2D eigenvalue weighted by molar-refractivity contribution is 5.93. The third-order valence-corrected chi connectivity index (χ3v) is 2.09. The molecule has 3 heteroatoms. The summed E-state index contributed by atoms with van der Waals surface area (Å²) in [5, 5.41) is 3.07. The van der Waals surface area contributed by atoms with Crippen molar-refractivity contribution in [3.05, 3.63) is 23.4 Å². The minimum absolute atomic E-state index is 0.185. The van der Waals surface area contributed by atoms with E-state index in [1.54, 1.807) is 0 Å². The van der Waals surface area contributed by atoms with E-state index < -0.39 is 0 Å². The van der Waals surface area contributed by atoms with E-state index in [0.717, 1.165) is 5.57 Å². The molecule has 1 rings (SSSR count). The minimum atomic E-state index is -0.375. The molecule has 1 aliphatic heterocycles. The molecule has 0 radical (unpaired) electrons. The molecule has 1 heterocycles. The zero-order valence-electron chi connectivity index (χ0n) is 8.29. The maximum Gasteiger partial charge on any atom is 0.265 e. The van der Waals surface area contributed by atoms with E-state index in [2.05, 4.69) is 5.32 Å². The summed E-state index contributed by atoms with van der Waals surface area (Å²) in [6.45, 7) is 6.07. The number of amides is 1. The van der Waals surface area contributed by atoms with Crippen LogP contribution in [-0.2, 0) is 4.79 Å². The SMILES string of the molecule is CC1C=CC(C(C)C)=C(C(N)=O)N1. The van der Waals surface area contributed by atoms with Crippen molar-refractivity contribution < 1.29 is 4.79 Å². The highest BCUT2D eigenvalue weighted by atomic mass is 16.1. The lowest BCUT2D eigenvalue weighted by Crippen LogP contribution is -2.35. The molecule has 0 saturated carbocycles. The van der Waals surface area contributed by atoms with E-state index >= 15 is 0 Å². The van der Waals surface area contributed by atoms with Crippen LogP contribution in [0.5, 0.6) is 0 Å². The second kappa shape index (κ2) is 3.64. The average molecular weight is 180 g/mol. The van der Waals surface area contributed by atoms with E-state index in [4.69, 9.17) is 5.73 Å². The molecule has 0 saturated heterocycles. The monoisotopic (exact) mass is 180 g/mol. The average Bonchev–Trinajstić information content (AvgIpc) is 2.03. The van der Waals surface area contributed by atoms with Crippen LogP contribution >= 0.6 is 0 Å². The molecule has 0 aromatic rings. The Morgan fingerprint density at radius 3 is 2.69 bits per heavy atom. The van der Waals surface area contributed by atoms with Crippen LogP contribution in [0.1, 0.15) is 20.8 Å². The molecule has 1 amide bonds. The fourth-order valence-electron chi connectivity index (χ4n) is 1.38. The number of carbonyl (C=O) groups is 1. The predicted molar refractivity (Wildman–Crippen MR) is 52.8 cm³/mol. The lowest BCUT2D eigenvalue weighted by Gasteiger charge is -2.22. The highest BCUT2D eigenvalue weighted by Crippen LogP contribution is 2.18. The van der Waals surface area contributed by atoms with Crippen LogP contribution in [0.2, 0.25) is 0 Å². The van der Waals surface area contributed by atoms with Gasteiger partial charge in [-0.25, -0.2) is 0 Å². The number of primary amides is 1. The Labute approximate surface area is 78.7 Å². The first-order valence-electron chi connectivity index (χ1n) is 4.51. The molecule has 0 aromatic heterocycles. The maximum atomic E-state index is 11.1. The number of nitrogens with two attached hydrogens (primary N) is 1. The number of dihydropyridines is 1. The summed E-state index contributed by atoms with van der Waals surface area (Å²) >= 11 is 0. The first-order chi connectivity index (χ1) is 6.02. The molecular formula is C10H16N2O. The van der Waals surface area contributed by atoms with Gasteiger partial charge in [-0.3, -0.25) is 4.79 Å². The van der Waals surface area contributed by atoms with Gasteiger partial charge in [0.15, 0.2) is 0 Å².